The van der Waals surface area contributed by atoms with E-state index in [0.717, 1.165) is 18.4 Å². The second-order valence-corrected chi connectivity index (χ2v) is 10.1. The number of nitrogens with zero attached hydrogens (tertiary/aromatic N) is 2. The predicted molar refractivity (Wildman–Crippen MR) is 109 cm³/mol. The lowest BCUT2D eigenvalue weighted by Crippen LogP contribution is -2.49. The van der Waals surface area contributed by atoms with Gasteiger partial charge in [-0.3, -0.25) is 0 Å². The second kappa shape index (κ2) is 8.42. The van der Waals surface area contributed by atoms with E-state index in [-0.39, 0.29) is 23.5 Å². The molecule has 6 nitrogen and oxygen atoms in total. The van der Waals surface area contributed by atoms with Crippen molar-refractivity contribution in [1.29, 1.82) is 0 Å². The summed E-state index contributed by atoms with van der Waals surface area (Å²) in [5.74, 6) is 7.12. The minimum absolute atomic E-state index is 0.0412. The molecule has 0 radical (unpaired) electrons. The monoisotopic (exact) mass is 406 g/mol. The van der Waals surface area contributed by atoms with Gasteiger partial charge in [-0.2, -0.15) is 4.31 Å². The van der Waals surface area contributed by atoms with Crippen LogP contribution in [0.4, 0.5) is 0 Å². The number of benzene rings is 1. The SMILES string of the molecule is C[C@@H]1CN([C@H](C)CO)S(=O)(=O)c2ccc(C#CC3CC3)cc2O[C@H]1CN(C)C. The first-order valence-electron chi connectivity index (χ1n) is 9.82. The normalized spacial score (nSPS) is 25.6. The number of fused-ring (bicyclic) bond motifs is 1. The van der Waals surface area contributed by atoms with Crippen LogP contribution in [-0.4, -0.2) is 68.7 Å². The van der Waals surface area contributed by atoms with E-state index >= 15 is 0 Å². The molecule has 1 N–H and O–H groups in total. The molecular formula is C21H30N2O4S. The molecule has 154 valence electrons. The van der Waals surface area contributed by atoms with E-state index in [1.165, 1.54) is 4.31 Å². The Kier molecular flexibility index (Phi) is 6.35. The van der Waals surface area contributed by atoms with Gasteiger partial charge in [0.05, 0.1) is 6.61 Å². The van der Waals surface area contributed by atoms with Crippen LogP contribution in [0.3, 0.4) is 0 Å². The highest BCUT2D eigenvalue weighted by Gasteiger charge is 2.37. The fourth-order valence-corrected chi connectivity index (χ4v) is 5.12. The van der Waals surface area contributed by atoms with Crippen LogP contribution < -0.4 is 4.74 Å². The zero-order chi connectivity index (χ0) is 20.5. The predicted octanol–water partition coefficient (Wildman–Crippen LogP) is 1.78. The van der Waals surface area contributed by atoms with E-state index in [1.807, 2.05) is 25.9 Å². The Bertz CT molecular complexity index is 868. The van der Waals surface area contributed by atoms with Gasteiger partial charge in [0.1, 0.15) is 16.7 Å². The fourth-order valence-electron chi connectivity index (χ4n) is 3.29. The Balaban J connectivity index is 2.07. The molecule has 0 amide bonds. The van der Waals surface area contributed by atoms with Crippen LogP contribution in [0.15, 0.2) is 23.1 Å². The molecule has 1 saturated carbocycles. The van der Waals surface area contributed by atoms with Crippen molar-refractivity contribution in [3.63, 3.8) is 0 Å². The summed E-state index contributed by atoms with van der Waals surface area (Å²) in [6.07, 6.45) is 2.10. The van der Waals surface area contributed by atoms with Gasteiger partial charge in [0, 0.05) is 36.5 Å². The Morgan fingerprint density at radius 3 is 2.68 bits per heavy atom. The highest BCUT2D eigenvalue weighted by atomic mass is 32.2. The third-order valence-corrected chi connectivity index (χ3v) is 7.23. The van der Waals surface area contributed by atoms with Gasteiger partial charge in [0.15, 0.2) is 0 Å². The van der Waals surface area contributed by atoms with Crippen molar-refractivity contribution in [2.75, 3.05) is 33.8 Å². The van der Waals surface area contributed by atoms with Gasteiger partial charge in [-0.15, -0.1) is 0 Å². The zero-order valence-electron chi connectivity index (χ0n) is 17.1. The van der Waals surface area contributed by atoms with E-state index in [9.17, 15) is 13.5 Å². The number of hydrogen-bond donors (Lipinski definition) is 1. The molecular weight excluding hydrogens is 376 g/mol. The van der Waals surface area contributed by atoms with E-state index in [2.05, 4.69) is 11.8 Å². The van der Waals surface area contributed by atoms with Gasteiger partial charge in [-0.25, -0.2) is 8.42 Å². The molecule has 0 saturated heterocycles. The minimum Gasteiger partial charge on any atom is -0.487 e. The standard InChI is InChI=1S/C21H30N2O4S/c1-15-12-23(16(2)14-24)28(25,26)21-10-9-18(8-7-17-5-6-17)11-19(21)27-20(15)13-22(3)4/h9-11,15-17,20,24H,5-6,12-14H2,1-4H3/t15-,16-,20+/m1/s1. The molecule has 1 fully saturated rings. The van der Waals surface area contributed by atoms with Crippen molar-refractivity contribution >= 4 is 10.0 Å². The Morgan fingerprint density at radius 2 is 2.07 bits per heavy atom. The number of rotatable bonds is 4. The molecule has 3 rings (SSSR count). The summed E-state index contributed by atoms with van der Waals surface area (Å²) in [5.41, 5.74) is 0.763. The first kappa shape index (κ1) is 21.1. The highest BCUT2D eigenvalue weighted by molar-refractivity contribution is 7.89. The van der Waals surface area contributed by atoms with Gasteiger partial charge >= 0.3 is 0 Å². The molecule has 0 bridgehead atoms. The number of likely N-dealkylation sites (N-methyl/N-ethyl adjacent to an activating group) is 1. The largest absolute Gasteiger partial charge is 0.487 e. The van der Waals surface area contributed by atoms with Crippen LogP contribution in [0, 0.1) is 23.7 Å². The highest BCUT2D eigenvalue weighted by Crippen LogP contribution is 2.34. The third-order valence-electron chi connectivity index (χ3n) is 5.21. The van der Waals surface area contributed by atoms with Gasteiger partial charge in [0.2, 0.25) is 10.0 Å². The zero-order valence-corrected chi connectivity index (χ0v) is 17.9. The average Bonchev–Trinajstić information content (AvgIpc) is 3.46. The maximum absolute atomic E-state index is 13.3. The molecule has 0 spiro atoms. The lowest BCUT2D eigenvalue weighted by atomic mass is 10.0. The van der Waals surface area contributed by atoms with E-state index < -0.39 is 16.1 Å². The summed E-state index contributed by atoms with van der Waals surface area (Å²) < 4.78 is 34.3. The minimum atomic E-state index is -3.79. The summed E-state index contributed by atoms with van der Waals surface area (Å²) in [5, 5.41) is 9.64. The molecule has 2 aliphatic rings. The fraction of sp³-hybridized carbons (Fsp3) is 0.619. The average molecular weight is 407 g/mol. The van der Waals surface area contributed by atoms with Gasteiger partial charge in [-0.1, -0.05) is 18.8 Å². The Labute approximate surface area is 168 Å². The smallest absolute Gasteiger partial charge is 0.247 e. The van der Waals surface area contributed by atoms with Crippen LogP contribution in [-0.2, 0) is 10.0 Å². The van der Waals surface area contributed by atoms with Crippen LogP contribution in [0.2, 0.25) is 0 Å². The molecule has 28 heavy (non-hydrogen) atoms. The van der Waals surface area contributed by atoms with Gasteiger partial charge in [0.25, 0.3) is 0 Å². The third kappa shape index (κ3) is 4.69. The van der Waals surface area contributed by atoms with Gasteiger partial charge < -0.3 is 14.7 Å². The van der Waals surface area contributed by atoms with Crippen molar-refractivity contribution in [1.82, 2.24) is 9.21 Å². The van der Waals surface area contributed by atoms with Crippen LogP contribution in [0.5, 0.6) is 5.75 Å². The molecule has 7 heteroatoms. The second-order valence-electron chi connectivity index (χ2n) is 8.21. The maximum atomic E-state index is 13.3. The molecule has 1 aliphatic carbocycles. The first-order valence-corrected chi connectivity index (χ1v) is 11.3. The number of ether oxygens (including phenoxy) is 1. The molecule has 0 unspecified atom stereocenters. The van der Waals surface area contributed by atoms with E-state index in [4.69, 9.17) is 4.74 Å². The molecule has 1 aromatic rings. The van der Waals surface area contributed by atoms with E-state index in [0.29, 0.717) is 24.8 Å². The number of hydrogen-bond acceptors (Lipinski definition) is 5. The molecule has 1 aromatic carbocycles. The lowest BCUT2D eigenvalue weighted by molar-refractivity contribution is 0.0812. The molecule has 3 atom stereocenters. The lowest BCUT2D eigenvalue weighted by Gasteiger charge is -2.37. The Morgan fingerprint density at radius 1 is 1.36 bits per heavy atom. The van der Waals surface area contributed by atoms with Crippen molar-refractivity contribution in [2.45, 2.75) is 43.7 Å². The number of aliphatic hydroxyl groups excluding tert-OH is 1. The van der Waals surface area contributed by atoms with Crippen molar-refractivity contribution in [2.24, 2.45) is 11.8 Å². The molecule has 0 aromatic heterocycles. The molecule has 1 heterocycles. The van der Waals surface area contributed by atoms with Crippen molar-refractivity contribution in [3.8, 4) is 17.6 Å². The van der Waals surface area contributed by atoms with Crippen molar-refractivity contribution < 1.29 is 18.3 Å². The number of aliphatic hydroxyl groups is 1. The van der Waals surface area contributed by atoms with Crippen LogP contribution in [0.25, 0.3) is 0 Å². The van der Waals surface area contributed by atoms with Crippen LogP contribution in [0.1, 0.15) is 32.3 Å². The quantitative estimate of drug-likeness (QED) is 0.772. The summed E-state index contributed by atoms with van der Waals surface area (Å²) >= 11 is 0. The first-order chi connectivity index (χ1) is 13.2. The van der Waals surface area contributed by atoms with Crippen LogP contribution >= 0.6 is 0 Å². The summed E-state index contributed by atoms with van der Waals surface area (Å²) in [6, 6.07) is 4.56. The van der Waals surface area contributed by atoms with Gasteiger partial charge in [-0.05, 0) is 52.1 Å². The summed E-state index contributed by atoms with van der Waals surface area (Å²) in [4.78, 5) is 2.17. The number of sulfonamides is 1. The van der Waals surface area contributed by atoms with E-state index in [1.54, 1.807) is 25.1 Å². The molecule has 1 aliphatic heterocycles. The Hall–Kier alpha value is -1.59. The topological polar surface area (TPSA) is 70.1 Å². The summed E-state index contributed by atoms with van der Waals surface area (Å²) in [7, 11) is 0.153. The summed E-state index contributed by atoms with van der Waals surface area (Å²) in [6.45, 7) is 4.45. The maximum Gasteiger partial charge on any atom is 0.247 e. The van der Waals surface area contributed by atoms with Crippen molar-refractivity contribution in [3.05, 3.63) is 23.8 Å².